The van der Waals surface area contributed by atoms with Crippen molar-refractivity contribution in [3.8, 4) is 6.07 Å². The van der Waals surface area contributed by atoms with E-state index >= 15 is 0 Å². The number of nitrogens with zero attached hydrogens (tertiary/aromatic N) is 4. The van der Waals surface area contributed by atoms with Gasteiger partial charge in [-0.25, -0.2) is 4.39 Å². The Hall–Kier alpha value is -2.72. The zero-order valence-corrected chi connectivity index (χ0v) is 14.1. The van der Waals surface area contributed by atoms with Gasteiger partial charge in [-0.1, -0.05) is 0 Å². The van der Waals surface area contributed by atoms with E-state index in [-0.39, 0.29) is 17.8 Å². The molecule has 1 N–H and O–H groups in total. The minimum absolute atomic E-state index is 0.108. The summed E-state index contributed by atoms with van der Waals surface area (Å²) >= 11 is 0. The molecule has 1 saturated heterocycles. The van der Waals surface area contributed by atoms with Crippen LogP contribution in [0.3, 0.4) is 0 Å². The van der Waals surface area contributed by atoms with E-state index in [0.717, 1.165) is 25.9 Å². The number of amides is 1. The number of likely N-dealkylation sites (tertiary alicyclic amines) is 1. The number of hydrogen-bond acceptors (Lipinski definition) is 4. The van der Waals surface area contributed by atoms with Gasteiger partial charge in [-0.05, 0) is 36.6 Å². The first-order valence-corrected chi connectivity index (χ1v) is 8.25. The molecule has 1 aliphatic rings. The average Bonchev–Trinajstić information content (AvgIpc) is 3.03. The third-order valence-electron chi connectivity index (χ3n) is 4.47. The fourth-order valence-corrected chi connectivity index (χ4v) is 3.09. The summed E-state index contributed by atoms with van der Waals surface area (Å²) in [6.45, 7) is 2.13. The van der Waals surface area contributed by atoms with Gasteiger partial charge in [0.1, 0.15) is 5.82 Å². The predicted octanol–water partition coefficient (Wildman–Crippen LogP) is 1.83. The highest BCUT2D eigenvalue weighted by Gasteiger charge is 2.22. The lowest BCUT2D eigenvalue weighted by Gasteiger charge is -2.32. The Morgan fingerprint density at radius 1 is 1.44 bits per heavy atom. The molecule has 0 bridgehead atoms. The second-order valence-corrected chi connectivity index (χ2v) is 6.34. The summed E-state index contributed by atoms with van der Waals surface area (Å²) < 4.78 is 15.0. The molecule has 2 heterocycles. The zero-order valence-electron chi connectivity index (χ0n) is 14.1. The standard InChI is InChI=1S/C18H20FN5O/c1-23-11-15(10-21-23)18(25)22-17-4-6-24(7-5-17)12-14-8-16(19)3-2-13(14)9-20/h2-3,8,10-11,17H,4-7,12H2,1H3,(H,22,25). The highest BCUT2D eigenvalue weighted by Crippen LogP contribution is 2.17. The first kappa shape index (κ1) is 17.1. The molecule has 3 rings (SSSR count). The first-order valence-electron chi connectivity index (χ1n) is 8.25. The second-order valence-electron chi connectivity index (χ2n) is 6.34. The number of aryl methyl sites for hydroxylation is 1. The number of nitrogens with one attached hydrogen (secondary N) is 1. The number of piperidine rings is 1. The van der Waals surface area contributed by atoms with E-state index in [4.69, 9.17) is 5.26 Å². The Kier molecular flexibility index (Phi) is 5.10. The third kappa shape index (κ3) is 4.22. The van der Waals surface area contributed by atoms with Crippen LogP contribution in [0, 0.1) is 17.1 Å². The molecule has 1 fully saturated rings. The SMILES string of the molecule is Cn1cc(C(=O)NC2CCN(Cc3cc(F)ccc3C#N)CC2)cn1. The van der Waals surface area contributed by atoms with Crippen molar-refractivity contribution in [2.75, 3.05) is 13.1 Å². The van der Waals surface area contributed by atoms with Crippen molar-refractivity contribution >= 4 is 5.91 Å². The summed E-state index contributed by atoms with van der Waals surface area (Å²) in [6.07, 6.45) is 4.89. The van der Waals surface area contributed by atoms with Crippen LogP contribution >= 0.6 is 0 Å². The molecule has 1 amide bonds. The van der Waals surface area contributed by atoms with Gasteiger partial charge in [0, 0.05) is 38.9 Å². The van der Waals surface area contributed by atoms with Crippen molar-refractivity contribution in [1.29, 1.82) is 5.26 Å². The monoisotopic (exact) mass is 341 g/mol. The predicted molar refractivity (Wildman–Crippen MR) is 90.1 cm³/mol. The van der Waals surface area contributed by atoms with E-state index in [9.17, 15) is 9.18 Å². The molecule has 1 aromatic carbocycles. The summed E-state index contributed by atoms with van der Waals surface area (Å²) in [5.41, 5.74) is 1.78. The first-order chi connectivity index (χ1) is 12.0. The number of nitriles is 1. The molecule has 6 nitrogen and oxygen atoms in total. The fourth-order valence-electron chi connectivity index (χ4n) is 3.09. The summed E-state index contributed by atoms with van der Waals surface area (Å²) in [5, 5.41) is 16.2. The molecule has 0 atom stereocenters. The van der Waals surface area contributed by atoms with Crippen molar-refractivity contribution in [1.82, 2.24) is 20.0 Å². The molecule has 0 radical (unpaired) electrons. The lowest BCUT2D eigenvalue weighted by atomic mass is 10.0. The molecular weight excluding hydrogens is 321 g/mol. The van der Waals surface area contributed by atoms with Crippen LogP contribution < -0.4 is 5.32 Å². The summed E-state index contributed by atoms with van der Waals surface area (Å²) in [5.74, 6) is -0.434. The van der Waals surface area contributed by atoms with E-state index in [2.05, 4.69) is 21.4 Å². The minimum atomic E-state index is -0.326. The zero-order chi connectivity index (χ0) is 17.8. The van der Waals surface area contributed by atoms with Crippen LogP contribution in [0.15, 0.2) is 30.6 Å². The van der Waals surface area contributed by atoms with Crippen LogP contribution in [0.5, 0.6) is 0 Å². The van der Waals surface area contributed by atoms with Crippen LogP contribution in [0.25, 0.3) is 0 Å². The molecule has 0 unspecified atom stereocenters. The summed E-state index contributed by atoms with van der Waals surface area (Å²) in [7, 11) is 1.77. The van der Waals surface area contributed by atoms with Crippen LogP contribution in [0.1, 0.15) is 34.3 Å². The number of benzene rings is 1. The quantitative estimate of drug-likeness (QED) is 0.921. The van der Waals surface area contributed by atoms with Gasteiger partial charge >= 0.3 is 0 Å². The molecule has 1 aliphatic heterocycles. The molecule has 7 heteroatoms. The van der Waals surface area contributed by atoms with Gasteiger partial charge in [-0.3, -0.25) is 14.4 Å². The molecule has 0 spiro atoms. The van der Waals surface area contributed by atoms with Gasteiger partial charge in [0.25, 0.3) is 5.91 Å². The highest BCUT2D eigenvalue weighted by atomic mass is 19.1. The van der Waals surface area contributed by atoms with Crippen molar-refractivity contribution in [2.45, 2.75) is 25.4 Å². The number of halogens is 1. The minimum Gasteiger partial charge on any atom is -0.349 e. The highest BCUT2D eigenvalue weighted by molar-refractivity contribution is 5.93. The van der Waals surface area contributed by atoms with Crippen LogP contribution in [-0.2, 0) is 13.6 Å². The van der Waals surface area contributed by atoms with Crippen molar-refractivity contribution in [2.24, 2.45) is 7.05 Å². The molecule has 130 valence electrons. The van der Waals surface area contributed by atoms with E-state index in [1.807, 2.05) is 0 Å². The second kappa shape index (κ2) is 7.45. The summed E-state index contributed by atoms with van der Waals surface area (Å²) in [6, 6.07) is 6.48. The van der Waals surface area contributed by atoms with Crippen LogP contribution in [-0.4, -0.2) is 39.7 Å². The Morgan fingerprint density at radius 2 is 2.20 bits per heavy atom. The van der Waals surface area contributed by atoms with E-state index in [1.165, 1.54) is 18.2 Å². The number of aromatic nitrogens is 2. The van der Waals surface area contributed by atoms with Gasteiger partial charge in [0.2, 0.25) is 0 Å². The Balaban J connectivity index is 1.53. The van der Waals surface area contributed by atoms with Crippen LogP contribution in [0.4, 0.5) is 4.39 Å². The topological polar surface area (TPSA) is 74.0 Å². The largest absolute Gasteiger partial charge is 0.349 e. The Bertz CT molecular complexity index is 802. The maximum absolute atomic E-state index is 13.4. The lowest BCUT2D eigenvalue weighted by molar-refractivity contribution is 0.0909. The fraction of sp³-hybridized carbons (Fsp3) is 0.389. The number of hydrogen-bond donors (Lipinski definition) is 1. The van der Waals surface area contributed by atoms with Crippen molar-refractivity contribution in [3.63, 3.8) is 0 Å². The Morgan fingerprint density at radius 3 is 2.84 bits per heavy atom. The number of carbonyl (C=O) groups is 1. The third-order valence-corrected chi connectivity index (χ3v) is 4.47. The molecule has 2 aromatic rings. The van der Waals surface area contributed by atoms with E-state index in [1.54, 1.807) is 24.1 Å². The lowest BCUT2D eigenvalue weighted by Crippen LogP contribution is -2.44. The molecule has 25 heavy (non-hydrogen) atoms. The van der Waals surface area contributed by atoms with E-state index in [0.29, 0.717) is 23.2 Å². The molecule has 0 saturated carbocycles. The molecule has 0 aliphatic carbocycles. The van der Waals surface area contributed by atoms with Crippen molar-refractivity contribution in [3.05, 3.63) is 53.1 Å². The van der Waals surface area contributed by atoms with Gasteiger partial charge in [-0.15, -0.1) is 0 Å². The smallest absolute Gasteiger partial charge is 0.254 e. The Labute approximate surface area is 145 Å². The van der Waals surface area contributed by atoms with E-state index < -0.39 is 0 Å². The van der Waals surface area contributed by atoms with Gasteiger partial charge < -0.3 is 5.32 Å². The van der Waals surface area contributed by atoms with Gasteiger partial charge in [-0.2, -0.15) is 10.4 Å². The maximum atomic E-state index is 13.4. The van der Waals surface area contributed by atoms with Gasteiger partial charge in [0.15, 0.2) is 0 Å². The number of rotatable bonds is 4. The summed E-state index contributed by atoms with van der Waals surface area (Å²) in [4.78, 5) is 14.3. The normalized spacial score (nSPS) is 15.7. The van der Waals surface area contributed by atoms with Gasteiger partial charge in [0.05, 0.1) is 23.4 Å². The average molecular weight is 341 g/mol. The van der Waals surface area contributed by atoms with Crippen molar-refractivity contribution < 1.29 is 9.18 Å². The molecule has 1 aromatic heterocycles. The molecular formula is C18H20FN5O. The number of carbonyl (C=O) groups excluding carboxylic acids is 1. The maximum Gasteiger partial charge on any atom is 0.254 e. The van der Waals surface area contributed by atoms with Crippen LogP contribution in [0.2, 0.25) is 0 Å².